The molecule has 0 unspecified atom stereocenters. The molecule has 0 fully saturated rings. The van der Waals surface area contributed by atoms with Crippen LogP contribution in [-0.4, -0.2) is 10.7 Å². The van der Waals surface area contributed by atoms with Crippen LogP contribution in [0, 0.1) is 6.57 Å². The van der Waals surface area contributed by atoms with E-state index in [1.54, 1.807) is 0 Å². The molecule has 0 aromatic carbocycles. The second-order valence-electron chi connectivity index (χ2n) is 0.751. The van der Waals surface area contributed by atoms with Crippen LogP contribution >= 0.6 is 23.2 Å². The maximum absolute atomic E-state index is 9.89. The van der Waals surface area contributed by atoms with Gasteiger partial charge in [0, 0.05) is 0 Å². The fourth-order valence-corrected chi connectivity index (χ4v) is 0.146. The molecule has 0 heterocycles. The second kappa shape index (κ2) is 2.84. The summed E-state index contributed by atoms with van der Waals surface area (Å²) in [4.78, 5) is 11.1. The molecule has 0 aliphatic carbocycles. The van der Waals surface area contributed by atoms with Crippen molar-refractivity contribution in [2.45, 2.75) is 4.84 Å². The van der Waals surface area contributed by atoms with Gasteiger partial charge in [0.1, 0.15) is 0 Å². The molecule has 0 atom stereocenters. The van der Waals surface area contributed by atoms with Gasteiger partial charge in [-0.2, -0.15) is 4.85 Å². The number of nitrogens with zero attached hydrogens (tertiary/aromatic N) is 1. The van der Waals surface area contributed by atoms with E-state index in [1.807, 2.05) is 0 Å². The second-order valence-corrected chi connectivity index (χ2v) is 1.85. The number of hydrogen-bond acceptors (Lipinski definition) is 1. The van der Waals surface area contributed by atoms with Gasteiger partial charge >= 0.3 is 5.91 Å². The van der Waals surface area contributed by atoms with E-state index in [2.05, 4.69) is 4.85 Å². The lowest BCUT2D eigenvalue weighted by Crippen LogP contribution is -1.99. The minimum absolute atomic E-state index is 0.830. The fraction of sp³-hybridized carbons (Fsp3) is 0.333. The van der Waals surface area contributed by atoms with Gasteiger partial charge in [0.2, 0.25) is 0 Å². The van der Waals surface area contributed by atoms with Crippen LogP contribution in [0.1, 0.15) is 0 Å². The first-order valence-electron chi connectivity index (χ1n) is 1.38. The van der Waals surface area contributed by atoms with Crippen molar-refractivity contribution in [3.8, 4) is 0 Å². The van der Waals surface area contributed by atoms with Crippen molar-refractivity contribution in [2.24, 2.45) is 0 Å². The molecule has 0 N–H and O–H groups in total. The third-order valence-electron chi connectivity index (χ3n) is 0.297. The summed E-state index contributed by atoms with van der Waals surface area (Å²) in [7, 11) is 0. The van der Waals surface area contributed by atoms with Crippen molar-refractivity contribution in [3.63, 3.8) is 0 Å². The molecule has 38 valence electrons. The van der Waals surface area contributed by atoms with E-state index in [-0.39, 0.29) is 0 Å². The Morgan fingerprint density at radius 2 is 2.14 bits per heavy atom. The normalized spacial score (nSPS) is 8.29. The Bertz CT molecular complexity index is 115. The van der Waals surface area contributed by atoms with Crippen molar-refractivity contribution < 1.29 is 4.79 Å². The first kappa shape index (κ1) is 6.74. The molecular weight excluding hydrogens is 137 g/mol. The minimum atomic E-state index is -1.18. The zero-order valence-electron chi connectivity index (χ0n) is 3.19. The summed E-state index contributed by atoms with van der Waals surface area (Å²) in [6.07, 6.45) is 0. The molecular formula is C3HCl2NO. The average Bonchev–Trinajstić information content (AvgIpc) is 1.65. The Morgan fingerprint density at radius 3 is 2.14 bits per heavy atom. The highest BCUT2D eigenvalue weighted by molar-refractivity contribution is 6.54. The summed E-state index contributed by atoms with van der Waals surface area (Å²) >= 11 is 9.86. The summed E-state index contributed by atoms with van der Waals surface area (Å²) in [5.41, 5.74) is 0. The summed E-state index contributed by atoms with van der Waals surface area (Å²) in [6.45, 7) is 6.05. The highest BCUT2D eigenvalue weighted by Gasteiger charge is 2.08. The molecule has 7 heavy (non-hydrogen) atoms. The Kier molecular flexibility index (Phi) is 2.73. The van der Waals surface area contributed by atoms with E-state index in [1.165, 1.54) is 0 Å². The first-order chi connectivity index (χ1) is 3.18. The highest BCUT2D eigenvalue weighted by atomic mass is 35.5. The summed E-state index contributed by atoms with van der Waals surface area (Å²) < 4.78 is 0. The zero-order valence-corrected chi connectivity index (χ0v) is 4.70. The van der Waals surface area contributed by atoms with Gasteiger partial charge in [0.25, 0.3) is 0 Å². The molecule has 0 aliphatic rings. The van der Waals surface area contributed by atoms with Gasteiger partial charge in [-0.15, -0.1) is 23.2 Å². The quantitative estimate of drug-likeness (QED) is 0.394. The van der Waals surface area contributed by atoms with Gasteiger partial charge in [-0.1, -0.05) is 0 Å². The molecule has 0 saturated heterocycles. The van der Waals surface area contributed by atoms with Gasteiger partial charge in [-0.3, -0.25) is 0 Å². The summed E-state index contributed by atoms with van der Waals surface area (Å²) in [5, 5.41) is 0. The standard InChI is InChI=1S/C3HCl2NO/c1-6-3(7)2(4)5/h2H. The molecule has 0 bridgehead atoms. The Labute approximate surface area is 50.8 Å². The van der Waals surface area contributed by atoms with Crippen molar-refractivity contribution in [2.75, 3.05) is 0 Å². The van der Waals surface area contributed by atoms with Crippen LogP contribution in [0.3, 0.4) is 0 Å². The van der Waals surface area contributed by atoms with Crippen molar-refractivity contribution in [1.29, 1.82) is 0 Å². The zero-order chi connectivity index (χ0) is 5.86. The largest absolute Gasteiger partial charge is 0.387 e. The maximum Gasteiger partial charge on any atom is 0.387 e. The summed E-state index contributed by atoms with van der Waals surface area (Å²) in [5.74, 6) is -0.830. The lowest BCUT2D eigenvalue weighted by molar-refractivity contribution is -0.113. The summed E-state index contributed by atoms with van der Waals surface area (Å²) in [6, 6.07) is 0. The van der Waals surface area contributed by atoms with Crippen molar-refractivity contribution in [3.05, 3.63) is 11.4 Å². The van der Waals surface area contributed by atoms with E-state index < -0.39 is 10.7 Å². The smallest absolute Gasteiger partial charge is 0.312 e. The van der Waals surface area contributed by atoms with E-state index in [0.29, 0.717) is 0 Å². The van der Waals surface area contributed by atoms with Crippen molar-refractivity contribution >= 4 is 29.1 Å². The first-order valence-corrected chi connectivity index (χ1v) is 2.25. The van der Waals surface area contributed by atoms with Gasteiger partial charge in [-0.05, 0) is 0 Å². The number of carbonyl (C=O) groups excluding carboxylic acids is 1. The molecule has 4 heteroatoms. The van der Waals surface area contributed by atoms with E-state index in [4.69, 9.17) is 29.8 Å². The van der Waals surface area contributed by atoms with Crippen LogP contribution in [0.2, 0.25) is 0 Å². The molecule has 0 rings (SSSR count). The Morgan fingerprint density at radius 1 is 1.71 bits per heavy atom. The van der Waals surface area contributed by atoms with Crippen LogP contribution in [0.4, 0.5) is 0 Å². The van der Waals surface area contributed by atoms with E-state index in [9.17, 15) is 4.79 Å². The van der Waals surface area contributed by atoms with Crippen LogP contribution in [0.25, 0.3) is 4.85 Å². The highest BCUT2D eigenvalue weighted by Crippen LogP contribution is 2.02. The molecule has 0 spiro atoms. The lowest BCUT2D eigenvalue weighted by atomic mass is 10.7. The van der Waals surface area contributed by atoms with Crippen LogP contribution in [-0.2, 0) is 4.79 Å². The number of alkyl halides is 2. The Hall–Kier alpha value is -0.260. The van der Waals surface area contributed by atoms with Gasteiger partial charge in [-0.25, -0.2) is 0 Å². The molecule has 0 saturated carbocycles. The van der Waals surface area contributed by atoms with Crippen LogP contribution < -0.4 is 0 Å². The van der Waals surface area contributed by atoms with E-state index >= 15 is 0 Å². The SMILES string of the molecule is [C-]#[N+]C(=O)C(Cl)Cl. The third-order valence-corrected chi connectivity index (χ3v) is 0.670. The van der Waals surface area contributed by atoms with Crippen LogP contribution in [0.15, 0.2) is 0 Å². The third kappa shape index (κ3) is 2.44. The van der Waals surface area contributed by atoms with Gasteiger partial charge in [0.15, 0.2) is 4.84 Å². The molecule has 0 radical (unpaired) electrons. The van der Waals surface area contributed by atoms with Gasteiger partial charge < -0.3 is 4.79 Å². The minimum Gasteiger partial charge on any atom is -0.312 e. The number of amides is 1. The number of hydrogen-bond donors (Lipinski definition) is 0. The number of carbonyl (C=O) groups is 1. The van der Waals surface area contributed by atoms with Gasteiger partial charge in [0.05, 0.1) is 6.57 Å². The molecule has 0 aromatic rings. The number of halogens is 2. The molecule has 0 aliphatic heterocycles. The monoisotopic (exact) mass is 137 g/mol. The van der Waals surface area contributed by atoms with E-state index in [0.717, 1.165) is 0 Å². The number of rotatable bonds is 1. The fourth-order valence-electron chi connectivity index (χ4n) is 0.0488. The predicted octanol–water partition coefficient (Wildman–Crippen LogP) is 1.24. The predicted molar refractivity (Wildman–Crippen MR) is 27.1 cm³/mol. The van der Waals surface area contributed by atoms with Crippen molar-refractivity contribution in [1.82, 2.24) is 0 Å². The van der Waals surface area contributed by atoms with Crippen LogP contribution in [0.5, 0.6) is 0 Å². The molecule has 1 amide bonds. The molecule has 2 nitrogen and oxygen atoms in total. The average molecular weight is 138 g/mol. The molecule has 0 aromatic heterocycles. The lowest BCUT2D eigenvalue weighted by Gasteiger charge is -1.82. The topological polar surface area (TPSA) is 21.4 Å². The maximum atomic E-state index is 9.89. The Balaban J connectivity index is 3.64.